The third-order valence-corrected chi connectivity index (χ3v) is 6.41. The summed E-state index contributed by atoms with van der Waals surface area (Å²) < 4.78 is 5.39. The number of aromatic hydroxyl groups is 1. The molecule has 0 spiro atoms. The minimum absolute atomic E-state index is 0.196. The molecule has 0 amide bonds. The van der Waals surface area contributed by atoms with E-state index in [1.54, 1.807) is 7.11 Å². The summed E-state index contributed by atoms with van der Waals surface area (Å²) in [6.07, 6.45) is 7.44. The van der Waals surface area contributed by atoms with Gasteiger partial charge in [0.2, 0.25) is 0 Å². The molecule has 114 valence electrons. The second-order valence-corrected chi connectivity index (χ2v) is 7.16. The van der Waals surface area contributed by atoms with Gasteiger partial charge in [0.1, 0.15) is 0 Å². The highest BCUT2D eigenvalue weighted by atomic mass is 16.5. The van der Waals surface area contributed by atoms with Crippen LogP contribution in [0.5, 0.6) is 11.5 Å². The standard InChI is InChI=1S/C18H25NO2/c1-19-10-9-18-8-4-3-5-13(18)14(19)11-12-6-7-15(21-2)17(20)16(12)18/h6-7,13-14,20H,3-5,8-11H2,1-2H3/t13-,14-,18-/m0/s1. The van der Waals surface area contributed by atoms with Gasteiger partial charge in [0.25, 0.3) is 0 Å². The molecular formula is C18H25NO2. The minimum Gasteiger partial charge on any atom is -0.504 e. The number of likely N-dealkylation sites (tertiary alicyclic amines) is 1. The van der Waals surface area contributed by atoms with Crippen molar-refractivity contribution in [1.29, 1.82) is 0 Å². The number of benzene rings is 1. The molecular weight excluding hydrogens is 262 g/mol. The van der Waals surface area contributed by atoms with E-state index in [0.29, 0.717) is 23.5 Å². The number of ether oxygens (including phenoxy) is 1. The van der Waals surface area contributed by atoms with Crippen LogP contribution in [0.15, 0.2) is 12.1 Å². The number of rotatable bonds is 1. The molecule has 1 saturated heterocycles. The van der Waals surface area contributed by atoms with Crippen molar-refractivity contribution in [2.45, 2.75) is 50.0 Å². The first-order chi connectivity index (χ1) is 10.2. The summed E-state index contributed by atoms with van der Waals surface area (Å²) in [5.74, 6) is 1.77. The Kier molecular flexibility index (Phi) is 2.97. The van der Waals surface area contributed by atoms with Crippen LogP contribution in [0.25, 0.3) is 0 Å². The average Bonchev–Trinajstić information content (AvgIpc) is 2.51. The summed E-state index contributed by atoms with van der Waals surface area (Å²) in [4.78, 5) is 2.55. The molecule has 3 nitrogen and oxygen atoms in total. The second-order valence-electron chi connectivity index (χ2n) is 7.16. The summed E-state index contributed by atoms with van der Waals surface area (Å²) in [6, 6.07) is 4.77. The van der Waals surface area contributed by atoms with Gasteiger partial charge in [0.05, 0.1) is 7.11 Å². The van der Waals surface area contributed by atoms with E-state index in [1.165, 1.54) is 43.2 Å². The maximum atomic E-state index is 10.8. The highest BCUT2D eigenvalue weighted by Gasteiger charge is 2.54. The van der Waals surface area contributed by atoms with Crippen LogP contribution in [-0.2, 0) is 11.8 Å². The molecule has 1 aromatic rings. The van der Waals surface area contributed by atoms with Gasteiger partial charge in [-0.25, -0.2) is 0 Å². The highest BCUT2D eigenvalue weighted by molar-refractivity contribution is 5.56. The lowest BCUT2D eigenvalue weighted by molar-refractivity contribution is 0.00132. The van der Waals surface area contributed by atoms with Crippen LogP contribution in [0.2, 0.25) is 0 Å². The number of fused-ring (bicyclic) bond motifs is 1. The van der Waals surface area contributed by atoms with E-state index in [0.717, 1.165) is 13.0 Å². The quantitative estimate of drug-likeness (QED) is 0.861. The number of phenolic OH excluding ortho intramolecular Hbond substituents is 1. The zero-order valence-corrected chi connectivity index (χ0v) is 13.1. The molecule has 0 aromatic heterocycles. The van der Waals surface area contributed by atoms with Gasteiger partial charge in [0.15, 0.2) is 11.5 Å². The summed E-state index contributed by atoms with van der Waals surface area (Å²) in [5.41, 5.74) is 2.78. The fourth-order valence-corrected chi connectivity index (χ4v) is 5.45. The molecule has 1 N–H and O–H groups in total. The number of hydrogen-bond acceptors (Lipinski definition) is 3. The van der Waals surface area contributed by atoms with Gasteiger partial charge in [-0.2, -0.15) is 0 Å². The SMILES string of the molecule is COc1ccc2c(c1O)[C@]13CCCC[C@H]1[C@H](C2)N(C)CC3. The predicted molar refractivity (Wildman–Crippen MR) is 83.0 cm³/mol. The molecule has 21 heavy (non-hydrogen) atoms. The van der Waals surface area contributed by atoms with E-state index in [1.807, 2.05) is 6.07 Å². The van der Waals surface area contributed by atoms with Crippen molar-refractivity contribution in [3.63, 3.8) is 0 Å². The zero-order chi connectivity index (χ0) is 14.6. The lowest BCUT2D eigenvalue weighted by Gasteiger charge is -2.58. The fraction of sp³-hybridized carbons (Fsp3) is 0.667. The normalized spacial score (nSPS) is 35.0. The molecule has 1 aromatic carbocycles. The van der Waals surface area contributed by atoms with Crippen LogP contribution in [0.1, 0.15) is 43.2 Å². The molecule has 2 fully saturated rings. The molecule has 2 aliphatic carbocycles. The van der Waals surface area contributed by atoms with E-state index in [-0.39, 0.29) is 5.41 Å². The van der Waals surface area contributed by atoms with Crippen molar-refractivity contribution in [3.05, 3.63) is 23.3 Å². The number of likely N-dealkylation sites (N-methyl/N-ethyl adjacent to an activating group) is 1. The Morgan fingerprint density at radius 3 is 2.95 bits per heavy atom. The number of phenols is 1. The lowest BCUT2D eigenvalue weighted by atomic mass is 9.52. The van der Waals surface area contributed by atoms with Crippen LogP contribution in [0.4, 0.5) is 0 Å². The number of hydrogen-bond donors (Lipinski definition) is 1. The summed E-state index contributed by atoms with van der Waals surface area (Å²) in [5, 5.41) is 10.8. The van der Waals surface area contributed by atoms with Gasteiger partial charge >= 0.3 is 0 Å². The number of methoxy groups -OCH3 is 1. The maximum absolute atomic E-state index is 10.8. The van der Waals surface area contributed by atoms with Crippen LogP contribution in [0, 0.1) is 5.92 Å². The monoisotopic (exact) mass is 287 g/mol. The molecule has 2 bridgehead atoms. The molecule has 0 unspecified atom stereocenters. The average molecular weight is 287 g/mol. The van der Waals surface area contributed by atoms with E-state index >= 15 is 0 Å². The van der Waals surface area contributed by atoms with Gasteiger partial charge in [-0.3, -0.25) is 0 Å². The van der Waals surface area contributed by atoms with E-state index < -0.39 is 0 Å². The van der Waals surface area contributed by atoms with Gasteiger partial charge < -0.3 is 14.7 Å². The summed E-state index contributed by atoms with van der Waals surface area (Å²) >= 11 is 0. The van der Waals surface area contributed by atoms with Crippen molar-refractivity contribution >= 4 is 0 Å². The van der Waals surface area contributed by atoms with Crippen molar-refractivity contribution < 1.29 is 9.84 Å². The van der Waals surface area contributed by atoms with Crippen LogP contribution >= 0.6 is 0 Å². The second kappa shape index (κ2) is 4.64. The van der Waals surface area contributed by atoms with Crippen molar-refractivity contribution in [2.75, 3.05) is 20.7 Å². The maximum Gasteiger partial charge on any atom is 0.161 e. The van der Waals surface area contributed by atoms with Crippen molar-refractivity contribution in [3.8, 4) is 11.5 Å². The summed E-state index contributed by atoms with van der Waals surface area (Å²) in [6.45, 7) is 1.15. The third-order valence-electron chi connectivity index (χ3n) is 6.41. The van der Waals surface area contributed by atoms with Crippen LogP contribution in [-0.4, -0.2) is 36.8 Å². The van der Waals surface area contributed by atoms with E-state index in [2.05, 4.69) is 18.0 Å². The lowest BCUT2D eigenvalue weighted by Crippen LogP contribution is -2.59. The first-order valence-corrected chi connectivity index (χ1v) is 8.27. The predicted octanol–water partition coefficient (Wildman–Crippen LogP) is 3.09. The largest absolute Gasteiger partial charge is 0.504 e. The van der Waals surface area contributed by atoms with Crippen LogP contribution in [0.3, 0.4) is 0 Å². The Labute approximate surface area is 126 Å². The molecule has 3 heteroatoms. The van der Waals surface area contributed by atoms with E-state index in [9.17, 15) is 5.11 Å². The first kappa shape index (κ1) is 13.4. The van der Waals surface area contributed by atoms with E-state index in [4.69, 9.17) is 4.74 Å². The Hall–Kier alpha value is -1.22. The Morgan fingerprint density at radius 1 is 1.29 bits per heavy atom. The first-order valence-electron chi connectivity index (χ1n) is 8.27. The van der Waals surface area contributed by atoms with Crippen molar-refractivity contribution in [1.82, 2.24) is 4.90 Å². The van der Waals surface area contributed by atoms with Gasteiger partial charge in [-0.1, -0.05) is 18.9 Å². The summed E-state index contributed by atoms with van der Waals surface area (Å²) in [7, 11) is 3.93. The molecule has 1 saturated carbocycles. The molecule has 3 aliphatic rings. The Bertz CT molecular complexity index is 571. The molecule has 3 atom stereocenters. The Morgan fingerprint density at radius 2 is 2.14 bits per heavy atom. The number of nitrogens with zero attached hydrogens (tertiary/aromatic N) is 1. The highest BCUT2D eigenvalue weighted by Crippen LogP contribution is 2.58. The molecule has 4 rings (SSSR count). The third kappa shape index (κ3) is 1.70. The molecule has 0 radical (unpaired) electrons. The molecule has 1 aliphatic heterocycles. The smallest absolute Gasteiger partial charge is 0.161 e. The van der Waals surface area contributed by atoms with Gasteiger partial charge in [0, 0.05) is 17.0 Å². The fourth-order valence-electron chi connectivity index (χ4n) is 5.45. The topological polar surface area (TPSA) is 32.7 Å². The minimum atomic E-state index is 0.196. The van der Waals surface area contributed by atoms with Crippen LogP contribution < -0.4 is 4.74 Å². The van der Waals surface area contributed by atoms with Crippen molar-refractivity contribution in [2.24, 2.45) is 5.92 Å². The molecule has 1 heterocycles. The van der Waals surface area contributed by atoms with Gasteiger partial charge in [-0.05, 0) is 56.8 Å². The Balaban J connectivity index is 1.93. The zero-order valence-electron chi connectivity index (χ0n) is 13.1. The van der Waals surface area contributed by atoms with Gasteiger partial charge in [-0.15, -0.1) is 0 Å². The number of piperidine rings is 1.